The molecule has 3 aromatic rings. The average Bonchev–Trinajstić information content (AvgIpc) is 3.17. The summed E-state index contributed by atoms with van der Waals surface area (Å²) < 4.78 is 6.93. The summed E-state index contributed by atoms with van der Waals surface area (Å²) in [5.74, 6) is 2.01. The lowest BCUT2D eigenvalue weighted by atomic mass is 9.93. The first-order valence-corrected chi connectivity index (χ1v) is 7.76. The second kappa shape index (κ2) is 6.45. The Labute approximate surface area is 144 Å². The Morgan fingerprint density at radius 1 is 1.21 bits per heavy atom. The maximum Gasteiger partial charge on any atom is 0.181 e. The van der Waals surface area contributed by atoms with Crippen molar-refractivity contribution in [1.29, 1.82) is 0 Å². The van der Waals surface area contributed by atoms with Crippen LogP contribution in [0.5, 0.6) is 0 Å². The lowest BCUT2D eigenvalue weighted by Crippen LogP contribution is -2.09. The topological polar surface area (TPSA) is 81.7 Å². The number of nitrogens with zero attached hydrogens (tertiary/aromatic N) is 5. The van der Waals surface area contributed by atoms with Crippen LogP contribution in [-0.2, 0) is 5.41 Å². The van der Waals surface area contributed by atoms with Gasteiger partial charge in [0.1, 0.15) is 5.76 Å². The highest BCUT2D eigenvalue weighted by Gasteiger charge is 2.19. The molecule has 0 amide bonds. The smallest absolute Gasteiger partial charge is 0.181 e. The number of tetrazole rings is 1. The van der Waals surface area contributed by atoms with Gasteiger partial charge in [-0.2, -0.15) is 4.68 Å². The molecule has 0 atom stereocenters. The Balaban J connectivity index is 1.73. The molecule has 0 unspecified atom stereocenters. The normalized spacial score (nSPS) is 12.0. The molecule has 0 bridgehead atoms. The molecule has 0 aliphatic heterocycles. The Morgan fingerprint density at radius 2 is 1.96 bits per heavy atom. The van der Waals surface area contributed by atoms with E-state index in [9.17, 15) is 0 Å². The van der Waals surface area contributed by atoms with Gasteiger partial charge in [-0.1, -0.05) is 37.5 Å². The van der Waals surface area contributed by atoms with Crippen LogP contribution in [0.2, 0.25) is 5.02 Å². The lowest BCUT2D eigenvalue weighted by molar-refractivity contribution is 0.331. The van der Waals surface area contributed by atoms with Crippen molar-refractivity contribution in [2.45, 2.75) is 26.2 Å². The van der Waals surface area contributed by atoms with E-state index in [1.54, 1.807) is 29.1 Å². The first-order chi connectivity index (χ1) is 11.4. The van der Waals surface area contributed by atoms with Crippen LogP contribution in [0.1, 0.15) is 32.4 Å². The molecular weight excluding hydrogens is 328 g/mol. The predicted molar refractivity (Wildman–Crippen MR) is 92.0 cm³/mol. The fourth-order valence-corrected chi connectivity index (χ4v) is 2.09. The molecule has 2 heterocycles. The van der Waals surface area contributed by atoms with Crippen LogP contribution in [0.25, 0.3) is 11.8 Å². The summed E-state index contributed by atoms with van der Waals surface area (Å²) in [6.07, 6.45) is 3.46. The van der Waals surface area contributed by atoms with Crippen molar-refractivity contribution in [2.24, 2.45) is 0 Å². The minimum Gasteiger partial charge on any atom is -0.359 e. The van der Waals surface area contributed by atoms with Crippen LogP contribution >= 0.6 is 11.6 Å². The third-order valence-corrected chi connectivity index (χ3v) is 3.53. The van der Waals surface area contributed by atoms with Crippen LogP contribution in [0.15, 0.2) is 41.1 Å². The number of rotatable bonds is 4. The molecule has 7 nitrogen and oxygen atoms in total. The van der Waals surface area contributed by atoms with Gasteiger partial charge in [-0.3, -0.25) is 0 Å². The number of hydrogen-bond acceptors (Lipinski definition) is 6. The van der Waals surface area contributed by atoms with Gasteiger partial charge < -0.3 is 9.84 Å². The van der Waals surface area contributed by atoms with Crippen molar-refractivity contribution < 1.29 is 4.52 Å². The van der Waals surface area contributed by atoms with Gasteiger partial charge in [0, 0.05) is 28.8 Å². The molecule has 0 saturated heterocycles. The number of hydrogen-bond donors (Lipinski definition) is 1. The molecule has 24 heavy (non-hydrogen) atoms. The Morgan fingerprint density at radius 3 is 2.62 bits per heavy atom. The van der Waals surface area contributed by atoms with Crippen LogP contribution in [-0.4, -0.2) is 25.4 Å². The van der Waals surface area contributed by atoms with E-state index in [-0.39, 0.29) is 5.41 Å². The Hall–Kier alpha value is -2.67. The van der Waals surface area contributed by atoms with Gasteiger partial charge in [-0.05, 0) is 34.7 Å². The fraction of sp³-hybridized carbons (Fsp3) is 0.250. The number of benzene rings is 1. The van der Waals surface area contributed by atoms with E-state index in [2.05, 4.69) is 46.8 Å². The largest absolute Gasteiger partial charge is 0.359 e. The molecule has 8 heteroatoms. The van der Waals surface area contributed by atoms with Crippen molar-refractivity contribution in [3.63, 3.8) is 0 Å². The highest BCUT2D eigenvalue weighted by atomic mass is 35.5. The molecule has 1 N–H and O–H groups in total. The van der Waals surface area contributed by atoms with Crippen molar-refractivity contribution >= 4 is 23.5 Å². The first kappa shape index (κ1) is 16.2. The van der Waals surface area contributed by atoms with E-state index in [1.807, 2.05) is 18.2 Å². The molecule has 0 saturated carbocycles. The summed E-state index contributed by atoms with van der Waals surface area (Å²) in [6.45, 7) is 6.19. The van der Waals surface area contributed by atoms with Gasteiger partial charge >= 0.3 is 0 Å². The third kappa shape index (κ3) is 3.62. The summed E-state index contributed by atoms with van der Waals surface area (Å²) in [6, 6.07) is 9.13. The van der Waals surface area contributed by atoms with Gasteiger partial charge in [-0.15, -0.1) is 5.10 Å². The summed E-state index contributed by atoms with van der Waals surface area (Å²) in [5.41, 5.74) is 0.732. The summed E-state index contributed by atoms with van der Waals surface area (Å²) in [5, 5.41) is 19.4. The molecule has 1 aromatic carbocycles. The van der Waals surface area contributed by atoms with Gasteiger partial charge in [-0.25, -0.2) is 0 Å². The van der Waals surface area contributed by atoms with Gasteiger partial charge in [0.15, 0.2) is 11.6 Å². The molecule has 0 fully saturated rings. The highest BCUT2D eigenvalue weighted by molar-refractivity contribution is 6.30. The third-order valence-electron chi connectivity index (χ3n) is 3.28. The minimum atomic E-state index is -0.0880. The average molecular weight is 345 g/mol. The van der Waals surface area contributed by atoms with Crippen molar-refractivity contribution in [2.75, 3.05) is 5.32 Å². The number of anilines is 1. The maximum absolute atomic E-state index is 5.90. The fourth-order valence-electron chi connectivity index (χ4n) is 1.96. The van der Waals surface area contributed by atoms with Crippen LogP contribution in [0, 0.1) is 0 Å². The van der Waals surface area contributed by atoms with E-state index in [0.717, 1.165) is 11.4 Å². The van der Waals surface area contributed by atoms with Gasteiger partial charge in [0.05, 0.1) is 5.69 Å². The molecule has 0 radical (unpaired) electrons. The predicted octanol–water partition coefficient (Wildman–Crippen LogP) is 3.68. The minimum absolute atomic E-state index is 0.0880. The number of aromatic nitrogens is 5. The SMILES string of the molecule is CC(C)(C)c1cc(NC=Cc2nnnn2-c2ccc(Cl)cc2)no1. The Kier molecular flexibility index (Phi) is 4.35. The summed E-state index contributed by atoms with van der Waals surface area (Å²) >= 11 is 5.90. The van der Waals surface area contributed by atoms with Crippen molar-refractivity contribution in [3.05, 3.63) is 53.1 Å². The first-order valence-electron chi connectivity index (χ1n) is 7.38. The second-order valence-corrected chi connectivity index (χ2v) is 6.67. The summed E-state index contributed by atoms with van der Waals surface area (Å²) in [4.78, 5) is 0. The van der Waals surface area contributed by atoms with Crippen LogP contribution in [0.3, 0.4) is 0 Å². The van der Waals surface area contributed by atoms with E-state index in [4.69, 9.17) is 16.1 Å². The summed E-state index contributed by atoms with van der Waals surface area (Å²) in [7, 11) is 0. The lowest BCUT2D eigenvalue weighted by Gasteiger charge is -2.11. The number of nitrogens with one attached hydrogen (secondary N) is 1. The second-order valence-electron chi connectivity index (χ2n) is 6.23. The van der Waals surface area contributed by atoms with Crippen molar-refractivity contribution in [3.8, 4) is 5.69 Å². The Bertz CT molecular complexity index is 844. The molecule has 2 aromatic heterocycles. The van der Waals surface area contributed by atoms with E-state index in [1.165, 1.54) is 0 Å². The molecule has 0 aliphatic rings. The van der Waals surface area contributed by atoms with E-state index < -0.39 is 0 Å². The zero-order valence-electron chi connectivity index (χ0n) is 13.6. The molecule has 0 aliphatic carbocycles. The quantitative estimate of drug-likeness (QED) is 0.777. The van der Waals surface area contributed by atoms with Gasteiger partial charge in [0.2, 0.25) is 0 Å². The molecule has 0 spiro atoms. The maximum atomic E-state index is 5.90. The van der Waals surface area contributed by atoms with E-state index >= 15 is 0 Å². The zero-order chi connectivity index (χ0) is 17.2. The van der Waals surface area contributed by atoms with Crippen molar-refractivity contribution in [1.82, 2.24) is 25.4 Å². The van der Waals surface area contributed by atoms with Gasteiger partial charge in [0.25, 0.3) is 0 Å². The monoisotopic (exact) mass is 344 g/mol. The zero-order valence-corrected chi connectivity index (χ0v) is 14.3. The highest BCUT2D eigenvalue weighted by Crippen LogP contribution is 2.24. The molecular formula is C16H17ClN6O. The van der Waals surface area contributed by atoms with E-state index in [0.29, 0.717) is 16.7 Å². The standard InChI is InChI=1S/C16H17ClN6O/c1-16(2,3)13-10-14(20-24-13)18-9-8-15-19-21-22-23(15)12-6-4-11(17)5-7-12/h4-10H,1-3H3,(H,18,20). The molecule has 3 rings (SSSR count). The number of halogens is 1. The van der Waals surface area contributed by atoms with Crippen LogP contribution in [0.4, 0.5) is 5.82 Å². The van der Waals surface area contributed by atoms with Crippen LogP contribution < -0.4 is 5.32 Å². The molecule has 124 valence electrons.